The van der Waals surface area contributed by atoms with Gasteiger partial charge in [-0.2, -0.15) is 20.1 Å². The van der Waals surface area contributed by atoms with E-state index in [1.54, 1.807) is 32.1 Å². The Kier molecular flexibility index (Phi) is 75.7. The third-order valence-electron chi connectivity index (χ3n) is 20.4. The number of anilines is 2. The molecule has 130 heavy (non-hydrogen) atoms. The van der Waals surface area contributed by atoms with Gasteiger partial charge in [-0.3, -0.25) is 19.2 Å². The van der Waals surface area contributed by atoms with E-state index in [-0.39, 0.29) is 162 Å². The van der Waals surface area contributed by atoms with Crippen molar-refractivity contribution in [3.05, 3.63) is 117 Å². The van der Waals surface area contributed by atoms with Crippen LogP contribution >= 0.6 is 22.7 Å². The van der Waals surface area contributed by atoms with Crippen LogP contribution in [0.2, 0.25) is 0 Å². The summed E-state index contributed by atoms with van der Waals surface area (Å²) in [5.74, 6) is -5.78. The summed E-state index contributed by atoms with van der Waals surface area (Å²) in [4.78, 5) is 99.6. The molecule has 0 radical (unpaired) electrons. The minimum atomic E-state index is -1.29. The van der Waals surface area contributed by atoms with Crippen LogP contribution in [0.3, 0.4) is 0 Å². The topological polar surface area (TPSA) is 387 Å². The van der Waals surface area contributed by atoms with E-state index in [9.17, 15) is 49.5 Å². The molecular formula is C96H138N10Na2O20S2. The van der Waals surface area contributed by atoms with Crippen molar-refractivity contribution < 1.29 is 155 Å². The number of ether oxygens (including phenoxy) is 10. The standard InChI is InChI=1S/C48H67N5O11S.C47H73N5O7S.CO2.2Na/c1-6-8-10-12-14-16-18-38(47(56)57)33-43(54)63-30-28-61-25-23-53(40-20-21-42(36(3)32-40)51-52-46-41(35-49)37(4)45(50-5)65-46)22-24-60-26-27-62-29-31-64-44(55)34-39(48(58)59)19-17-15-13-11-9-7-2;1-7-9-11-13-15-16-18-20-22-44(53)58-33-31-56-28-26-52(41-23-24-43(39(4)36-41)50-51-47-42(37-48)40(5)46(49-6)60-47)25-27-55-29-30-57-32-34-59-45(54)35-38(3)21-19-17-14-12-10-8-2;2-1-3;;/h14-17,20-21,32,38-39H,6-13,18-19,22-31,33-34H2,1-4H3,(H,56,57)(H,58,59);23-24,36,38H,7-22,25-35H2,1-5H3;;;/q;;;2*+1/p-2/b16-14+,17-15+,52-51?;;;;. The molecule has 2 aromatic heterocycles. The fraction of sp³-hybridized carbons (Fsp3) is 0.635. The number of hydrogen-bond acceptors (Lipinski definition) is 30. The number of allylic oxidation sites excluding steroid dienone is 4. The zero-order chi connectivity index (χ0) is 94.0. The van der Waals surface area contributed by atoms with Gasteiger partial charge in [0.1, 0.15) is 48.6 Å². The molecule has 0 aliphatic rings. The van der Waals surface area contributed by atoms with Gasteiger partial charge < -0.3 is 77.0 Å². The number of aryl methyl sites for hydroxylation is 2. The first kappa shape index (κ1) is 122. The van der Waals surface area contributed by atoms with E-state index in [1.807, 2.05) is 61.2 Å². The summed E-state index contributed by atoms with van der Waals surface area (Å²) in [5, 5.41) is 61.3. The van der Waals surface area contributed by atoms with Crippen LogP contribution in [0.25, 0.3) is 9.69 Å². The molecule has 3 unspecified atom stereocenters. The number of aliphatic carboxylic acids is 2. The summed E-state index contributed by atoms with van der Waals surface area (Å²) in [6.07, 6.45) is 34.6. The van der Waals surface area contributed by atoms with E-state index in [2.05, 4.69) is 81.8 Å². The van der Waals surface area contributed by atoms with Crippen LogP contribution in [0.5, 0.6) is 0 Å². The number of nitriles is 2. The Morgan fingerprint density at radius 1 is 0.438 bits per heavy atom. The number of carbonyl (C=O) groups excluding carboxylic acids is 8. The molecule has 4 aromatic rings. The van der Waals surface area contributed by atoms with Gasteiger partial charge in [0, 0.05) is 74.2 Å². The maximum Gasteiger partial charge on any atom is 1.00 e. The fourth-order valence-corrected chi connectivity index (χ4v) is 14.6. The number of benzene rings is 2. The molecule has 2 heterocycles. The first-order valence-corrected chi connectivity index (χ1v) is 46.9. The van der Waals surface area contributed by atoms with Crippen molar-refractivity contribution in [1.82, 2.24) is 0 Å². The molecule has 0 aliphatic carbocycles. The Hall–Kier alpha value is -7.96. The van der Waals surface area contributed by atoms with Gasteiger partial charge >= 0.3 is 89.1 Å². The van der Waals surface area contributed by atoms with E-state index < -0.39 is 35.7 Å². The Morgan fingerprint density at radius 3 is 1.09 bits per heavy atom. The number of nitrogens with zero attached hydrogens (tertiary/aromatic N) is 10. The molecule has 0 aliphatic heterocycles. The molecule has 30 nitrogen and oxygen atoms in total. The van der Waals surface area contributed by atoms with Gasteiger partial charge in [0.05, 0.1) is 128 Å². The number of carboxylic acid groups (broad SMARTS) is 2. The van der Waals surface area contributed by atoms with Crippen molar-refractivity contribution in [2.45, 2.75) is 249 Å². The Labute approximate surface area is 823 Å². The number of esters is 4. The van der Waals surface area contributed by atoms with Crippen molar-refractivity contribution in [2.75, 3.05) is 142 Å². The number of rotatable bonds is 72. The summed E-state index contributed by atoms with van der Waals surface area (Å²) in [6.45, 7) is 38.9. The molecule has 0 amide bonds. The summed E-state index contributed by atoms with van der Waals surface area (Å²) >= 11 is 2.28. The molecule has 0 saturated heterocycles. The first-order valence-electron chi connectivity index (χ1n) is 45.3. The van der Waals surface area contributed by atoms with Crippen LogP contribution in [0.4, 0.5) is 42.8 Å². The predicted molar refractivity (Wildman–Crippen MR) is 490 cm³/mol. The summed E-state index contributed by atoms with van der Waals surface area (Å²) in [6, 6.07) is 15.7. The average Bonchev–Trinajstić information content (AvgIpc) is 1.68. The van der Waals surface area contributed by atoms with Crippen molar-refractivity contribution >= 4 is 107 Å². The van der Waals surface area contributed by atoms with E-state index >= 15 is 0 Å². The van der Waals surface area contributed by atoms with Crippen molar-refractivity contribution in [2.24, 2.45) is 38.2 Å². The van der Waals surface area contributed by atoms with Crippen molar-refractivity contribution in [3.8, 4) is 12.1 Å². The van der Waals surface area contributed by atoms with Crippen LogP contribution in [0, 0.1) is 81.3 Å². The second-order valence-electron chi connectivity index (χ2n) is 30.8. The smallest absolute Gasteiger partial charge is 0.550 e. The van der Waals surface area contributed by atoms with Gasteiger partial charge in [-0.15, -0.1) is 43.1 Å². The van der Waals surface area contributed by atoms with E-state index in [0.29, 0.717) is 145 Å². The largest absolute Gasteiger partial charge is 1.00 e. The maximum atomic E-state index is 12.4. The second-order valence-corrected chi connectivity index (χ2v) is 32.7. The fourth-order valence-electron chi connectivity index (χ4n) is 12.9. The second kappa shape index (κ2) is 80.7. The molecule has 34 heteroatoms. The Balaban J connectivity index is 0.00000245. The minimum absolute atomic E-state index is 0. The molecule has 4 rings (SSSR count). The molecule has 0 saturated carbocycles. The number of carbonyl (C=O) groups is 6. The van der Waals surface area contributed by atoms with E-state index in [4.69, 9.17) is 70.1 Å². The summed E-state index contributed by atoms with van der Waals surface area (Å²) in [7, 11) is 0. The minimum Gasteiger partial charge on any atom is -0.550 e. The zero-order valence-corrected chi connectivity index (χ0v) is 84.7. The van der Waals surface area contributed by atoms with Gasteiger partial charge in [-0.1, -0.05) is 174 Å². The van der Waals surface area contributed by atoms with Gasteiger partial charge in [0.25, 0.3) is 0 Å². The molecule has 3 atom stereocenters. The quantitative estimate of drug-likeness (QED) is 0.00753. The zero-order valence-electron chi connectivity index (χ0n) is 79.1. The number of carboxylic acids is 2. The average molecular weight is 1860 g/mol. The van der Waals surface area contributed by atoms with Crippen molar-refractivity contribution in [1.29, 1.82) is 10.5 Å². The number of hydrogen-bond donors (Lipinski definition) is 0. The third-order valence-corrected chi connectivity index (χ3v) is 22.5. The number of thiophene rings is 2. The molecule has 0 bridgehead atoms. The maximum absolute atomic E-state index is 12.4. The molecule has 2 aromatic carbocycles. The summed E-state index contributed by atoms with van der Waals surface area (Å²) < 4.78 is 55.8. The summed E-state index contributed by atoms with van der Waals surface area (Å²) in [5.41, 5.74) is 6.65. The van der Waals surface area contributed by atoms with Crippen LogP contribution in [-0.2, 0) is 85.7 Å². The van der Waals surface area contributed by atoms with Crippen LogP contribution in [-0.4, -0.2) is 174 Å². The molecular weight excluding hydrogens is 1720 g/mol. The van der Waals surface area contributed by atoms with E-state index in [0.717, 1.165) is 122 Å². The predicted octanol–water partition coefficient (Wildman–Crippen LogP) is 13.6. The van der Waals surface area contributed by atoms with Crippen LogP contribution < -0.4 is 79.1 Å². The van der Waals surface area contributed by atoms with Crippen molar-refractivity contribution in [3.63, 3.8) is 0 Å². The van der Waals surface area contributed by atoms with E-state index in [1.165, 1.54) is 70.6 Å². The van der Waals surface area contributed by atoms with Gasteiger partial charge in [-0.05, 0) is 137 Å². The monoisotopic (exact) mass is 1860 g/mol. The number of azo groups is 2. The molecule has 0 fully saturated rings. The van der Waals surface area contributed by atoms with Gasteiger partial charge in [0.2, 0.25) is 10.0 Å². The van der Waals surface area contributed by atoms with Gasteiger partial charge in [0.15, 0.2) is 0 Å². The first-order chi connectivity index (χ1) is 62.1. The Morgan fingerprint density at radius 2 is 0.754 bits per heavy atom. The normalized spacial score (nSPS) is 11.6. The molecule has 706 valence electrons. The number of unbranched alkanes of at least 4 members (excludes halogenated alkanes) is 18. The Bertz CT molecular complexity index is 4170. The molecule has 0 N–H and O–H groups in total. The third kappa shape index (κ3) is 57.5. The molecule has 0 spiro atoms. The van der Waals surface area contributed by atoms with Crippen LogP contribution in [0.1, 0.15) is 254 Å². The van der Waals surface area contributed by atoms with Crippen LogP contribution in [0.15, 0.2) is 81.2 Å². The SMILES string of the molecule is O=C=O.[C-]#[N+]c1sc(N=Nc2ccc(N(CCOCCOCCOC(=O)CC(C)CCCCCCCC)CCOCCOC(=O)CCCCCCCCCC)cc2C)c(C#N)c1C.[C-]#[N+]c1sc(N=Nc2ccc(N(CCOCCOCCOC(=O)CC(C/C=C/CCCCC)C(=O)[O-])CCOCCOC(=O)CC(C/C=C/CCCCC)C(=O)[O-])cc2C)c(C#N)c1C.[Na+].[Na+]. The van der Waals surface area contributed by atoms with Gasteiger partial charge in [-0.25, -0.2) is 9.69 Å².